The number of nitrogens with two attached hydrogens (primary N) is 1. The lowest BCUT2D eigenvalue weighted by molar-refractivity contribution is 0.599. The van der Waals surface area contributed by atoms with Gasteiger partial charge in [0.2, 0.25) is 0 Å². The second-order valence-corrected chi connectivity index (χ2v) is 4.89. The van der Waals surface area contributed by atoms with E-state index < -0.39 is 0 Å². The van der Waals surface area contributed by atoms with Gasteiger partial charge < -0.3 is 10.3 Å². The van der Waals surface area contributed by atoms with Crippen LogP contribution < -0.4 is 5.73 Å². The van der Waals surface area contributed by atoms with Gasteiger partial charge in [-0.05, 0) is 19.1 Å². The highest BCUT2D eigenvalue weighted by Gasteiger charge is 2.06. The van der Waals surface area contributed by atoms with Crippen molar-refractivity contribution in [2.24, 2.45) is 5.73 Å². The van der Waals surface area contributed by atoms with E-state index in [1.54, 1.807) is 18.5 Å². The van der Waals surface area contributed by atoms with E-state index in [4.69, 9.17) is 17.3 Å². The SMILES string of the molecule is CC(N)Cc1cn(Cc2ccc(Cl)cc2F)cn1. The maximum Gasteiger partial charge on any atom is 0.129 e. The number of hydrogen-bond donors (Lipinski definition) is 1. The first-order chi connectivity index (χ1) is 8.54. The van der Waals surface area contributed by atoms with Crippen molar-refractivity contribution < 1.29 is 4.39 Å². The maximum atomic E-state index is 13.6. The van der Waals surface area contributed by atoms with Crippen LogP contribution in [-0.2, 0) is 13.0 Å². The Bertz CT molecular complexity index is 537. The molecule has 1 unspecified atom stereocenters. The molecule has 96 valence electrons. The van der Waals surface area contributed by atoms with Gasteiger partial charge in [-0.25, -0.2) is 9.37 Å². The van der Waals surface area contributed by atoms with Gasteiger partial charge in [0.05, 0.1) is 18.6 Å². The van der Waals surface area contributed by atoms with Crippen molar-refractivity contribution >= 4 is 11.6 Å². The Balaban J connectivity index is 2.11. The fraction of sp³-hybridized carbons (Fsp3) is 0.308. The zero-order valence-electron chi connectivity index (χ0n) is 10.1. The molecule has 0 saturated carbocycles. The molecule has 0 bridgehead atoms. The standard InChI is InChI=1S/C13H15ClFN3/c1-9(16)4-12-7-18(8-17-12)6-10-2-3-11(14)5-13(10)15/h2-3,5,7-9H,4,6,16H2,1H3. The molecule has 2 N–H and O–H groups in total. The lowest BCUT2D eigenvalue weighted by atomic mass is 10.2. The zero-order valence-corrected chi connectivity index (χ0v) is 10.9. The van der Waals surface area contributed by atoms with E-state index in [0.717, 1.165) is 12.1 Å². The first-order valence-electron chi connectivity index (χ1n) is 5.75. The summed E-state index contributed by atoms with van der Waals surface area (Å²) in [6.07, 6.45) is 4.29. The number of nitrogens with zero attached hydrogens (tertiary/aromatic N) is 2. The monoisotopic (exact) mass is 267 g/mol. The third kappa shape index (κ3) is 3.31. The number of halogens is 2. The summed E-state index contributed by atoms with van der Waals surface area (Å²) >= 11 is 5.71. The van der Waals surface area contributed by atoms with Crippen LogP contribution in [0.5, 0.6) is 0 Å². The molecule has 5 heteroatoms. The highest BCUT2D eigenvalue weighted by molar-refractivity contribution is 6.30. The predicted molar refractivity (Wildman–Crippen MR) is 70.1 cm³/mol. The molecule has 0 aliphatic rings. The number of benzene rings is 1. The Hall–Kier alpha value is -1.39. The quantitative estimate of drug-likeness (QED) is 0.925. The average Bonchev–Trinajstić information content (AvgIpc) is 2.69. The number of rotatable bonds is 4. The van der Waals surface area contributed by atoms with Crippen LogP contribution in [0.25, 0.3) is 0 Å². The van der Waals surface area contributed by atoms with Crippen LogP contribution in [-0.4, -0.2) is 15.6 Å². The van der Waals surface area contributed by atoms with Crippen LogP contribution in [0.4, 0.5) is 4.39 Å². The number of imidazole rings is 1. The Labute approximate surface area is 110 Å². The Morgan fingerprint density at radius 2 is 2.28 bits per heavy atom. The van der Waals surface area contributed by atoms with Crippen molar-refractivity contribution in [2.45, 2.75) is 25.9 Å². The van der Waals surface area contributed by atoms with Crippen molar-refractivity contribution in [3.8, 4) is 0 Å². The van der Waals surface area contributed by atoms with Crippen LogP contribution in [0.3, 0.4) is 0 Å². The van der Waals surface area contributed by atoms with Crippen LogP contribution >= 0.6 is 11.6 Å². The van der Waals surface area contributed by atoms with Crippen molar-refractivity contribution in [3.63, 3.8) is 0 Å². The van der Waals surface area contributed by atoms with Crippen molar-refractivity contribution in [1.82, 2.24) is 9.55 Å². The Morgan fingerprint density at radius 1 is 1.50 bits per heavy atom. The molecule has 3 nitrogen and oxygen atoms in total. The minimum absolute atomic E-state index is 0.0700. The molecule has 0 saturated heterocycles. The third-order valence-corrected chi connectivity index (χ3v) is 2.82. The summed E-state index contributed by atoms with van der Waals surface area (Å²) in [5.74, 6) is -0.301. The smallest absolute Gasteiger partial charge is 0.129 e. The fourth-order valence-electron chi connectivity index (χ4n) is 1.77. The van der Waals surface area contributed by atoms with Crippen LogP contribution in [0.2, 0.25) is 5.02 Å². The van der Waals surface area contributed by atoms with Crippen LogP contribution in [0, 0.1) is 5.82 Å². The molecule has 1 aromatic heterocycles. The topological polar surface area (TPSA) is 43.8 Å². The van der Waals surface area contributed by atoms with Crippen LogP contribution in [0.15, 0.2) is 30.7 Å². The second kappa shape index (κ2) is 5.50. The van der Waals surface area contributed by atoms with Gasteiger partial charge in [0.25, 0.3) is 0 Å². The summed E-state index contributed by atoms with van der Waals surface area (Å²) in [5, 5.41) is 0.402. The molecule has 0 radical (unpaired) electrons. The highest BCUT2D eigenvalue weighted by Crippen LogP contribution is 2.15. The zero-order chi connectivity index (χ0) is 13.1. The fourth-order valence-corrected chi connectivity index (χ4v) is 1.93. The van der Waals surface area contributed by atoms with Gasteiger partial charge in [-0.2, -0.15) is 0 Å². The van der Waals surface area contributed by atoms with Crippen molar-refractivity contribution in [3.05, 3.63) is 52.8 Å². The largest absolute Gasteiger partial charge is 0.333 e. The molecule has 1 aromatic carbocycles. The maximum absolute atomic E-state index is 13.6. The first kappa shape index (κ1) is 13.1. The molecule has 0 aliphatic carbocycles. The lowest BCUT2D eigenvalue weighted by Crippen LogP contribution is -2.17. The normalized spacial score (nSPS) is 12.7. The van der Waals surface area contributed by atoms with Crippen LogP contribution in [0.1, 0.15) is 18.2 Å². The van der Waals surface area contributed by atoms with Gasteiger partial charge in [0.1, 0.15) is 5.82 Å². The van der Waals surface area contributed by atoms with E-state index in [1.165, 1.54) is 6.07 Å². The third-order valence-electron chi connectivity index (χ3n) is 2.59. The summed E-state index contributed by atoms with van der Waals surface area (Å²) < 4.78 is 15.5. The molecular weight excluding hydrogens is 253 g/mol. The molecule has 2 rings (SSSR count). The van der Waals surface area contributed by atoms with Gasteiger partial charge in [0, 0.05) is 29.2 Å². The Morgan fingerprint density at radius 3 is 2.94 bits per heavy atom. The van der Waals surface area contributed by atoms with E-state index in [9.17, 15) is 4.39 Å². The van der Waals surface area contributed by atoms with Gasteiger partial charge in [-0.3, -0.25) is 0 Å². The van der Waals surface area contributed by atoms with Crippen molar-refractivity contribution in [1.29, 1.82) is 0 Å². The van der Waals surface area contributed by atoms with Crippen molar-refractivity contribution in [2.75, 3.05) is 0 Å². The number of aromatic nitrogens is 2. The highest BCUT2D eigenvalue weighted by atomic mass is 35.5. The first-order valence-corrected chi connectivity index (χ1v) is 6.12. The summed E-state index contributed by atoms with van der Waals surface area (Å²) in [6.45, 7) is 2.37. The Kier molecular flexibility index (Phi) is 3.99. The summed E-state index contributed by atoms with van der Waals surface area (Å²) in [5.41, 5.74) is 7.21. The van der Waals surface area contributed by atoms with Gasteiger partial charge in [-0.1, -0.05) is 17.7 Å². The molecule has 2 aromatic rings. The van der Waals surface area contributed by atoms with E-state index in [-0.39, 0.29) is 11.9 Å². The summed E-state index contributed by atoms with van der Waals surface area (Å²) in [4.78, 5) is 4.23. The van der Waals surface area contributed by atoms with E-state index in [0.29, 0.717) is 17.1 Å². The van der Waals surface area contributed by atoms with E-state index in [1.807, 2.05) is 17.7 Å². The molecule has 0 spiro atoms. The second-order valence-electron chi connectivity index (χ2n) is 4.45. The lowest BCUT2D eigenvalue weighted by Gasteiger charge is -2.04. The average molecular weight is 268 g/mol. The molecule has 1 atom stereocenters. The molecule has 0 aliphatic heterocycles. The van der Waals surface area contributed by atoms with E-state index >= 15 is 0 Å². The molecular formula is C13H15ClFN3. The summed E-state index contributed by atoms with van der Waals surface area (Å²) in [6, 6.07) is 4.75. The van der Waals surface area contributed by atoms with Gasteiger partial charge in [-0.15, -0.1) is 0 Å². The molecule has 1 heterocycles. The minimum atomic E-state index is -0.301. The van der Waals surface area contributed by atoms with E-state index in [2.05, 4.69) is 4.98 Å². The minimum Gasteiger partial charge on any atom is -0.333 e. The predicted octanol–water partition coefficient (Wildman–Crippen LogP) is 2.61. The molecule has 0 fully saturated rings. The van der Waals surface area contributed by atoms with Gasteiger partial charge >= 0.3 is 0 Å². The summed E-state index contributed by atoms with van der Waals surface area (Å²) in [7, 11) is 0. The molecule has 0 amide bonds. The van der Waals surface area contributed by atoms with Gasteiger partial charge in [0.15, 0.2) is 0 Å². The number of hydrogen-bond acceptors (Lipinski definition) is 2. The molecule has 18 heavy (non-hydrogen) atoms.